The molecule has 0 bridgehead atoms. The summed E-state index contributed by atoms with van der Waals surface area (Å²) in [6, 6.07) is 5.54. The Balaban J connectivity index is 2.28. The van der Waals surface area contributed by atoms with Gasteiger partial charge in [-0.15, -0.1) is 0 Å². The smallest absolute Gasteiger partial charge is 0.261 e. The fourth-order valence-electron chi connectivity index (χ4n) is 1.48. The van der Waals surface area contributed by atoms with Gasteiger partial charge in [-0.2, -0.15) is 0 Å². The van der Waals surface area contributed by atoms with E-state index < -0.39 is 34.7 Å². The topological polar surface area (TPSA) is 29.1 Å². The Morgan fingerprint density at radius 2 is 1.47 bits per heavy atom. The molecule has 0 radical (unpaired) electrons. The standard InChI is InChI=1S/C13H7F4NO/c14-8-5-4-7(6-11(8)17)18-13(19)12-9(15)2-1-3-10(12)16/h1-6H,(H,18,19). The maximum atomic E-state index is 13.3. The lowest BCUT2D eigenvalue weighted by molar-refractivity contribution is 0.101. The van der Waals surface area contributed by atoms with Crippen LogP contribution < -0.4 is 5.32 Å². The van der Waals surface area contributed by atoms with Crippen LogP contribution in [0.4, 0.5) is 23.2 Å². The van der Waals surface area contributed by atoms with Crippen LogP contribution in [0.3, 0.4) is 0 Å². The summed E-state index contributed by atoms with van der Waals surface area (Å²) in [4.78, 5) is 11.6. The third kappa shape index (κ3) is 2.73. The normalized spacial score (nSPS) is 10.3. The van der Waals surface area contributed by atoms with Gasteiger partial charge in [-0.25, -0.2) is 17.6 Å². The van der Waals surface area contributed by atoms with E-state index in [9.17, 15) is 22.4 Å². The summed E-state index contributed by atoms with van der Waals surface area (Å²) >= 11 is 0. The van der Waals surface area contributed by atoms with Crippen molar-refractivity contribution in [1.29, 1.82) is 0 Å². The summed E-state index contributed by atoms with van der Waals surface area (Å²) in [5.74, 6) is -5.43. The Morgan fingerprint density at radius 3 is 2.05 bits per heavy atom. The van der Waals surface area contributed by atoms with Gasteiger partial charge in [-0.3, -0.25) is 4.79 Å². The minimum absolute atomic E-state index is 0.105. The average Bonchev–Trinajstić information content (AvgIpc) is 2.33. The number of hydrogen-bond donors (Lipinski definition) is 1. The summed E-state index contributed by atoms with van der Waals surface area (Å²) < 4.78 is 52.2. The molecular formula is C13H7F4NO. The first-order valence-electron chi connectivity index (χ1n) is 5.19. The van der Waals surface area contributed by atoms with Crippen molar-refractivity contribution in [2.24, 2.45) is 0 Å². The molecule has 2 aromatic rings. The number of rotatable bonds is 2. The Hall–Kier alpha value is -2.37. The Kier molecular flexibility index (Phi) is 3.50. The molecule has 2 aromatic carbocycles. The van der Waals surface area contributed by atoms with Crippen LogP contribution in [-0.4, -0.2) is 5.91 Å². The van der Waals surface area contributed by atoms with Crippen LogP contribution in [0.25, 0.3) is 0 Å². The highest BCUT2D eigenvalue weighted by Gasteiger charge is 2.17. The summed E-state index contributed by atoms with van der Waals surface area (Å²) in [6.07, 6.45) is 0. The van der Waals surface area contributed by atoms with Gasteiger partial charge in [-0.05, 0) is 24.3 Å². The minimum Gasteiger partial charge on any atom is -0.322 e. The molecule has 0 fully saturated rings. The van der Waals surface area contributed by atoms with Gasteiger partial charge in [0.05, 0.1) is 0 Å². The van der Waals surface area contributed by atoms with E-state index in [1.54, 1.807) is 0 Å². The molecule has 0 heterocycles. The van der Waals surface area contributed by atoms with Crippen LogP contribution in [-0.2, 0) is 0 Å². The van der Waals surface area contributed by atoms with Crippen LogP contribution in [0.5, 0.6) is 0 Å². The van der Waals surface area contributed by atoms with Crippen LogP contribution >= 0.6 is 0 Å². The van der Waals surface area contributed by atoms with Gasteiger partial charge in [0.1, 0.15) is 17.2 Å². The molecule has 0 aromatic heterocycles. The second-order valence-corrected chi connectivity index (χ2v) is 3.68. The van der Waals surface area contributed by atoms with Crippen LogP contribution in [0.15, 0.2) is 36.4 Å². The van der Waals surface area contributed by atoms with E-state index in [2.05, 4.69) is 5.32 Å². The molecule has 2 nitrogen and oxygen atoms in total. The molecule has 0 saturated heterocycles. The monoisotopic (exact) mass is 269 g/mol. The van der Waals surface area contributed by atoms with Crippen LogP contribution in [0, 0.1) is 23.3 Å². The van der Waals surface area contributed by atoms with Gasteiger partial charge in [0.15, 0.2) is 11.6 Å². The van der Waals surface area contributed by atoms with E-state index in [1.165, 1.54) is 0 Å². The fraction of sp³-hybridized carbons (Fsp3) is 0. The molecule has 2 rings (SSSR count). The molecule has 0 aliphatic rings. The first kappa shape index (κ1) is 13.1. The Labute approximate surface area is 105 Å². The van der Waals surface area contributed by atoms with Gasteiger partial charge >= 0.3 is 0 Å². The molecule has 1 N–H and O–H groups in total. The maximum absolute atomic E-state index is 13.3. The van der Waals surface area contributed by atoms with E-state index in [4.69, 9.17) is 0 Å². The highest BCUT2D eigenvalue weighted by Crippen LogP contribution is 2.17. The first-order chi connectivity index (χ1) is 8.99. The van der Waals surface area contributed by atoms with Crippen molar-refractivity contribution in [3.8, 4) is 0 Å². The quantitative estimate of drug-likeness (QED) is 0.831. The van der Waals surface area contributed by atoms with Gasteiger partial charge in [0.25, 0.3) is 5.91 Å². The van der Waals surface area contributed by atoms with E-state index >= 15 is 0 Å². The highest BCUT2D eigenvalue weighted by atomic mass is 19.2. The molecule has 1 amide bonds. The third-order valence-corrected chi connectivity index (χ3v) is 2.37. The Bertz CT molecular complexity index is 622. The largest absolute Gasteiger partial charge is 0.322 e. The lowest BCUT2D eigenvalue weighted by atomic mass is 10.1. The zero-order valence-electron chi connectivity index (χ0n) is 9.38. The predicted molar refractivity (Wildman–Crippen MR) is 60.7 cm³/mol. The van der Waals surface area contributed by atoms with E-state index in [0.29, 0.717) is 6.07 Å². The number of hydrogen-bond acceptors (Lipinski definition) is 1. The highest BCUT2D eigenvalue weighted by molar-refractivity contribution is 6.04. The molecule has 0 atom stereocenters. The lowest BCUT2D eigenvalue weighted by Gasteiger charge is -2.07. The van der Waals surface area contributed by atoms with Crippen molar-refractivity contribution in [3.05, 3.63) is 65.2 Å². The van der Waals surface area contributed by atoms with Crippen LogP contribution in [0.1, 0.15) is 10.4 Å². The molecule has 0 unspecified atom stereocenters. The number of carbonyl (C=O) groups is 1. The summed E-state index contributed by atoms with van der Waals surface area (Å²) in [5, 5.41) is 2.08. The molecule has 0 spiro atoms. The van der Waals surface area contributed by atoms with Crippen LogP contribution in [0.2, 0.25) is 0 Å². The molecule has 0 aliphatic heterocycles. The zero-order valence-corrected chi connectivity index (χ0v) is 9.38. The van der Waals surface area contributed by atoms with E-state index in [-0.39, 0.29) is 5.69 Å². The zero-order chi connectivity index (χ0) is 14.0. The minimum atomic E-state index is -1.17. The molecule has 0 saturated carbocycles. The lowest BCUT2D eigenvalue weighted by Crippen LogP contribution is -2.16. The number of amides is 1. The van der Waals surface area contributed by atoms with Crippen molar-refractivity contribution in [2.45, 2.75) is 0 Å². The average molecular weight is 269 g/mol. The second kappa shape index (κ2) is 5.09. The second-order valence-electron chi connectivity index (χ2n) is 3.68. The molecule has 6 heteroatoms. The van der Waals surface area contributed by atoms with Crippen molar-refractivity contribution in [3.63, 3.8) is 0 Å². The van der Waals surface area contributed by atoms with E-state index in [0.717, 1.165) is 30.3 Å². The van der Waals surface area contributed by atoms with Crippen molar-refractivity contribution in [1.82, 2.24) is 0 Å². The molecule has 0 aliphatic carbocycles. The van der Waals surface area contributed by atoms with Crippen molar-refractivity contribution < 1.29 is 22.4 Å². The number of benzene rings is 2. The predicted octanol–water partition coefficient (Wildman–Crippen LogP) is 3.50. The van der Waals surface area contributed by atoms with Gasteiger partial charge in [0, 0.05) is 11.8 Å². The fourth-order valence-corrected chi connectivity index (χ4v) is 1.48. The third-order valence-electron chi connectivity index (χ3n) is 2.37. The van der Waals surface area contributed by atoms with Gasteiger partial charge < -0.3 is 5.32 Å². The van der Waals surface area contributed by atoms with Crippen molar-refractivity contribution >= 4 is 11.6 Å². The number of nitrogens with one attached hydrogen (secondary N) is 1. The first-order valence-corrected chi connectivity index (χ1v) is 5.19. The molecular weight excluding hydrogens is 262 g/mol. The number of anilines is 1. The van der Waals surface area contributed by atoms with Crippen molar-refractivity contribution in [2.75, 3.05) is 5.32 Å². The summed E-state index contributed by atoms with van der Waals surface area (Å²) in [7, 11) is 0. The summed E-state index contributed by atoms with van der Waals surface area (Å²) in [6.45, 7) is 0. The van der Waals surface area contributed by atoms with Gasteiger partial charge in [-0.1, -0.05) is 6.07 Å². The van der Waals surface area contributed by atoms with Gasteiger partial charge in [0.2, 0.25) is 0 Å². The maximum Gasteiger partial charge on any atom is 0.261 e. The summed E-state index contributed by atoms with van der Waals surface area (Å²) in [5.41, 5.74) is -0.890. The molecule has 98 valence electrons. The number of carbonyl (C=O) groups excluding carboxylic acids is 1. The molecule has 19 heavy (non-hydrogen) atoms. The van der Waals surface area contributed by atoms with E-state index in [1.807, 2.05) is 0 Å². The Morgan fingerprint density at radius 1 is 0.842 bits per heavy atom. The number of halogens is 4. The SMILES string of the molecule is O=C(Nc1ccc(F)c(F)c1)c1c(F)cccc1F.